The van der Waals surface area contributed by atoms with Crippen LogP contribution in [0.1, 0.15) is 0 Å². The Labute approximate surface area is 174 Å². The molecule has 0 atom stereocenters. The Morgan fingerprint density at radius 1 is 1.14 bits per heavy atom. The molecule has 0 amide bonds. The van der Waals surface area contributed by atoms with Gasteiger partial charge in [-0.25, -0.2) is 9.97 Å². The molecule has 0 radical (unpaired) electrons. The van der Waals surface area contributed by atoms with Gasteiger partial charge < -0.3 is 30.3 Å². The monoisotopic (exact) mass is 418 g/mol. The predicted octanol–water partition coefficient (Wildman–Crippen LogP) is 1.37. The van der Waals surface area contributed by atoms with Crippen LogP contribution in [0.3, 0.4) is 0 Å². The number of aromatic nitrogens is 4. The minimum absolute atomic E-state index is 0.349. The molecule has 0 saturated carbocycles. The third-order valence-corrected chi connectivity index (χ3v) is 5.23. The fourth-order valence-corrected chi connectivity index (χ4v) is 3.67. The maximum Gasteiger partial charge on any atom is 0.236 e. The van der Waals surface area contributed by atoms with E-state index in [1.165, 1.54) is 11.8 Å². The zero-order chi connectivity index (χ0) is 20.8. The number of nitrogen functional groups attached to an aromatic ring is 1. The van der Waals surface area contributed by atoms with Gasteiger partial charge in [0, 0.05) is 38.8 Å². The van der Waals surface area contributed by atoms with E-state index in [-0.39, 0.29) is 0 Å². The quantitative estimate of drug-likeness (QED) is 0.478. The molecule has 0 spiro atoms. The number of methoxy groups -OCH3 is 2. The molecule has 2 aromatic heterocycles. The van der Waals surface area contributed by atoms with Crippen LogP contribution in [0.5, 0.6) is 11.8 Å². The first-order chi connectivity index (χ1) is 14.0. The summed E-state index contributed by atoms with van der Waals surface area (Å²) < 4.78 is 11.1. The molecule has 3 N–H and O–H groups in total. The van der Waals surface area contributed by atoms with Crippen molar-refractivity contribution in [2.24, 2.45) is 0 Å². The second-order valence-corrected chi connectivity index (χ2v) is 7.37. The highest BCUT2D eigenvalue weighted by Gasteiger charge is 2.23. The molecule has 29 heavy (non-hydrogen) atoms. The molecule has 1 aliphatic heterocycles. The van der Waals surface area contributed by atoms with Crippen LogP contribution in [0, 0.1) is 0 Å². The van der Waals surface area contributed by atoms with Crippen LogP contribution in [-0.2, 0) is 0 Å². The smallest absolute Gasteiger partial charge is 0.236 e. The molecule has 0 bridgehead atoms. The number of ether oxygens (including phenoxy) is 2. The van der Waals surface area contributed by atoms with Gasteiger partial charge in [0.05, 0.1) is 14.2 Å². The van der Waals surface area contributed by atoms with Crippen LogP contribution in [0.2, 0.25) is 0 Å². The Bertz CT molecular complexity index is 833. The number of nitrogens with one attached hydrogen (secondary N) is 1. The van der Waals surface area contributed by atoms with E-state index in [1.807, 2.05) is 0 Å². The Balaban J connectivity index is 1.90. The standard InChI is InChI=1S/C18H26N8O2S/c1-5-6-20-13-11-12(19)21-18(22-13)29-14-15(27-3)23-17(24-16(14)28-4)26-9-7-25(2)8-10-26/h5,11H,1,6-10H2,2-4H3,(H3,19,20,21,22). The molecule has 11 heteroatoms. The zero-order valence-electron chi connectivity index (χ0n) is 16.9. The largest absolute Gasteiger partial charge is 0.480 e. The predicted molar refractivity (Wildman–Crippen MR) is 114 cm³/mol. The van der Waals surface area contributed by atoms with Gasteiger partial charge in [-0.2, -0.15) is 9.97 Å². The summed E-state index contributed by atoms with van der Waals surface area (Å²) in [5, 5.41) is 3.54. The second kappa shape index (κ2) is 9.61. The number of likely N-dealkylation sites (N-methyl/N-ethyl adjacent to an activating group) is 1. The summed E-state index contributed by atoms with van der Waals surface area (Å²) in [6, 6.07) is 1.66. The molecule has 3 heterocycles. The second-order valence-electron chi connectivity index (χ2n) is 6.39. The van der Waals surface area contributed by atoms with E-state index < -0.39 is 0 Å². The average Bonchev–Trinajstić information content (AvgIpc) is 2.72. The van der Waals surface area contributed by atoms with Gasteiger partial charge in [0.1, 0.15) is 16.5 Å². The SMILES string of the molecule is C=CCNc1cc(N)nc(Sc2c(OC)nc(N3CCN(C)CC3)nc2OC)n1. The highest BCUT2D eigenvalue weighted by molar-refractivity contribution is 7.99. The number of hydrogen-bond acceptors (Lipinski definition) is 11. The lowest BCUT2D eigenvalue weighted by molar-refractivity contribution is 0.308. The third-order valence-electron chi connectivity index (χ3n) is 4.31. The first kappa shape index (κ1) is 20.9. The minimum Gasteiger partial charge on any atom is -0.480 e. The summed E-state index contributed by atoms with van der Waals surface area (Å²) in [5.41, 5.74) is 5.92. The molecule has 2 aromatic rings. The van der Waals surface area contributed by atoms with E-state index in [1.54, 1.807) is 26.4 Å². The van der Waals surface area contributed by atoms with E-state index >= 15 is 0 Å². The summed E-state index contributed by atoms with van der Waals surface area (Å²) in [7, 11) is 5.23. The van der Waals surface area contributed by atoms with E-state index in [4.69, 9.17) is 15.2 Å². The topological polar surface area (TPSA) is 115 Å². The number of piperazine rings is 1. The number of hydrogen-bond donors (Lipinski definition) is 2. The molecule has 10 nitrogen and oxygen atoms in total. The van der Waals surface area contributed by atoms with Crippen molar-refractivity contribution in [3.8, 4) is 11.8 Å². The van der Waals surface area contributed by atoms with Crippen molar-refractivity contribution in [2.45, 2.75) is 10.1 Å². The van der Waals surface area contributed by atoms with E-state index in [2.05, 4.69) is 48.7 Å². The Hall–Kier alpha value is -2.79. The molecule has 1 saturated heterocycles. The molecule has 156 valence electrons. The van der Waals surface area contributed by atoms with E-state index in [0.717, 1.165) is 26.2 Å². The summed E-state index contributed by atoms with van der Waals surface area (Å²) in [5.74, 6) is 2.34. The first-order valence-electron chi connectivity index (χ1n) is 9.14. The molecule has 0 aliphatic carbocycles. The molecule has 0 unspecified atom stereocenters. The lowest BCUT2D eigenvalue weighted by atomic mass is 10.3. The molecular formula is C18H26N8O2S. The van der Waals surface area contributed by atoms with Crippen molar-refractivity contribution in [3.63, 3.8) is 0 Å². The summed E-state index contributed by atoms with van der Waals surface area (Å²) >= 11 is 1.24. The molecule has 0 aromatic carbocycles. The Kier molecular flexibility index (Phi) is 6.94. The maximum absolute atomic E-state index is 5.92. The van der Waals surface area contributed by atoms with Crippen molar-refractivity contribution >= 4 is 29.3 Å². The highest BCUT2D eigenvalue weighted by atomic mass is 32.2. The average molecular weight is 419 g/mol. The molecular weight excluding hydrogens is 392 g/mol. The van der Waals surface area contributed by atoms with E-state index in [9.17, 15) is 0 Å². The van der Waals surface area contributed by atoms with Crippen LogP contribution < -0.4 is 25.4 Å². The first-order valence-corrected chi connectivity index (χ1v) is 9.96. The molecule has 3 rings (SSSR count). The van der Waals surface area contributed by atoms with Crippen LogP contribution in [0.15, 0.2) is 28.8 Å². The van der Waals surface area contributed by atoms with Gasteiger partial charge in [-0.1, -0.05) is 6.08 Å². The highest BCUT2D eigenvalue weighted by Crippen LogP contribution is 2.40. The Morgan fingerprint density at radius 2 is 1.79 bits per heavy atom. The van der Waals surface area contributed by atoms with Crippen LogP contribution in [0.4, 0.5) is 17.6 Å². The summed E-state index contributed by atoms with van der Waals surface area (Å²) in [6.07, 6.45) is 1.74. The normalized spacial score (nSPS) is 14.5. The van der Waals surface area contributed by atoms with Crippen molar-refractivity contribution in [3.05, 3.63) is 18.7 Å². The lowest BCUT2D eigenvalue weighted by Crippen LogP contribution is -2.45. The van der Waals surface area contributed by atoms with E-state index in [0.29, 0.717) is 45.9 Å². The van der Waals surface area contributed by atoms with Crippen LogP contribution in [-0.4, -0.2) is 78.8 Å². The van der Waals surface area contributed by atoms with Gasteiger partial charge in [0.2, 0.25) is 17.7 Å². The number of anilines is 3. The van der Waals surface area contributed by atoms with Gasteiger partial charge in [-0.3, -0.25) is 0 Å². The number of nitrogens with zero attached hydrogens (tertiary/aromatic N) is 6. The number of rotatable bonds is 8. The van der Waals surface area contributed by atoms with Gasteiger partial charge in [0.15, 0.2) is 5.16 Å². The minimum atomic E-state index is 0.349. The van der Waals surface area contributed by atoms with Crippen molar-refractivity contribution in [2.75, 3.05) is 69.9 Å². The van der Waals surface area contributed by atoms with Gasteiger partial charge in [0.25, 0.3) is 0 Å². The summed E-state index contributed by atoms with van der Waals surface area (Å²) in [6.45, 7) is 7.82. The number of nitrogens with two attached hydrogens (primary N) is 1. The Morgan fingerprint density at radius 3 is 2.38 bits per heavy atom. The molecule has 1 aliphatic rings. The van der Waals surface area contributed by atoms with Crippen molar-refractivity contribution in [1.29, 1.82) is 0 Å². The lowest BCUT2D eigenvalue weighted by Gasteiger charge is -2.32. The summed E-state index contributed by atoms with van der Waals surface area (Å²) in [4.78, 5) is 22.9. The van der Waals surface area contributed by atoms with Gasteiger partial charge in [-0.15, -0.1) is 6.58 Å². The van der Waals surface area contributed by atoms with Crippen molar-refractivity contribution < 1.29 is 9.47 Å². The molecule has 1 fully saturated rings. The zero-order valence-corrected chi connectivity index (χ0v) is 17.7. The third kappa shape index (κ3) is 5.18. The fourth-order valence-electron chi connectivity index (χ4n) is 2.76. The van der Waals surface area contributed by atoms with Crippen LogP contribution in [0.25, 0.3) is 0 Å². The van der Waals surface area contributed by atoms with Gasteiger partial charge in [-0.05, 0) is 18.8 Å². The van der Waals surface area contributed by atoms with Crippen molar-refractivity contribution in [1.82, 2.24) is 24.8 Å². The maximum atomic E-state index is 5.92. The fraction of sp³-hybridized carbons (Fsp3) is 0.444. The van der Waals surface area contributed by atoms with Gasteiger partial charge >= 0.3 is 0 Å². The van der Waals surface area contributed by atoms with Crippen LogP contribution >= 0.6 is 11.8 Å².